The molecule has 96 valence electrons. The molecule has 1 aromatic heterocycles. The first-order valence-electron chi connectivity index (χ1n) is 5.31. The third-order valence-corrected chi connectivity index (χ3v) is 3.27. The van der Waals surface area contributed by atoms with E-state index in [1.807, 2.05) is 12.3 Å². The summed E-state index contributed by atoms with van der Waals surface area (Å²) in [6.45, 7) is 1.95. The summed E-state index contributed by atoms with van der Waals surface area (Å²) in [5.41, 5.74) is 1.85. The van der Waals surface area contributed by atoms with E-state index in [4.69, 9.17) is 5.84 Å². The van der Waals surface area contributed by atoms with Gasteiger partial charge >= 0.3 is 0 Å². The summed E-state index contributed by atoms with van der Waals surface area (Å²) in [6, 6.07) is 0. The zero-order chi connectivity index (χ0) is 13.1. The fourth-order valence-corrected chi connectivity index (χ4v) is 2.16. The second-order valence-corrected chi connectivity index (χ2v) is 5.05. The molecule has 1 aliphatic heterocycles. The molecule has 1 amide bonds. The Morgan fingerprint density at radius 2 is 2.39 bits per heavy atom. The average molecular weight is 268 g/mol. The number of amides is 1. The summed E-state index contributed by atoms with van der Waals surface area (Å²) in [5, 5.41) is 12.4. The molecule has 1 aromatic rings. The summed E-state index contributed by atoms with van der Waals surface area (Å²) in [5.74, 6) is 4.60. The number of carbonyl (C=O) groups excluding carboxylic acids is 1. The normalized spacial score (nSPS) is 17.3. The maximum atomic E-state index is 12.0. The van der Waals surface area contributed by atoms with Crippen LogP contribution in [0, 0.1) is 0 Å². The first-order valence-corrected chi connectivity index (χ1v) is 6.19. The van der Waals surface area contributed by atoms with Crippen molar-refractivity contribution in [3.8, 4) is 0 Å². The zero-order valence-corrected chi connectivity index (χ0v) is 10.5. The Labute approximate surface area is 107 Å². The van der Waals surface area contributed by atoms with Crippen LogP contribution in [-0.2, 0) is 11.2 Å². The lowest BCUT2D eigenvalue weighted by atomic mass is 10.2. The van der Waals surface area contributed by atoms with Crippen molar-refractivity contribution in [2.45, 2.75) is 30.2 Å². The van der Waals surface area contributed by atoms with Gasteiger partial charge in [-0.15, -0.1) is 10.2 Å². The molecule has 18 heavy (non-hydrogen) atoms. The van der Waals surface area contributed by atoms with Crippen LogP contribution in [0.4, 0.5) is 0 Å². The van der Waals surface area contributed by atoms with Crippen LogP contribution in [0.15, 0.2) is 15.1 Å². The van der Waals surface area contributed by atoms with Crippen molar-refractivity contribution in [3.05, 3.63) is 16.0 Å². The molecule has 3 N–H and O–H groups in total. The van der Waals surface area contributed by atoms with Gasteiger partial charge in [-0.25, -0.2) is 5.84 Å². The highest BCUT2D eigenvalue weighted by Gasteiger charge is 2.18. The van der Waals surface area contributed by atoms with Gasteiger partial charge in [-0.2, -0.15) is 9.78 Å². The highest BCUT2D eigenvalue weighted by atomic mass is 32.2. The van der Waals surface area contributed by atoms with E-state index in [0.29, 0.717) is 5.16 Å². The summed E-state index contributed by atoms with van der Waals surface area (Å²) in [6.07, 6.45) is 1.94. The number of hydrazine groups is 1. The van der Waals surface area contributed by atoms with Crippen molar-refractivity contribution in [1.82, 2.24) is 20.3 Å². The van der Waals surface area contributed by atoms with Gasteiger partial charge in [0.15, 0.2) is 0 Å². The van der Waals surface area contributed by atoms with Gasteiger partial charge < -0.3 is 0 Å². The fourth-order valence-electron chi connectivity index (χ4n) is 1.39. The molecule has 2 heterocycles. The molecule has 0 fully saturated rings. The van der Waals surface area contributed by atoms with E-state index in [-0.39, 0.29) is 35.3 Å². The van der Waals surface area contributed by atoms with Gasteiger partial charge in [0.1, 0.15) is 5.69 Å². The molecule has 9 heteroatoms. The highest BCUT2D eigenvalue weighted by molar-refractivity contribution is 8.00. The van der Waals surface area contributed by atoms with Crippen molar-refractivity contribution >= 4 is 23.9 Å². The third-order valence-electron chi connectivity index (χ3n) is 2.31. The van der Waals surface area contributed by atoms with E-state index < -0.39 is 0 Å². The van der Waals surface area contributed by atoms with Crippen LogP contribution in [0.25, 0.3) is 0 Å². The van der Waals surface area contributed by atoms with Gasteiger partial charge in [0.05, 0.1) is 0 Å². The SMILES string of the molecule is CC1C=Nn2c(nnc(CCC(=O)NN)c2=O)S1. The van der Waals surface area contributed by atoms with E-state index in [2.05, 4.69) is 15.3 Å². The Morgan fingerprint density at radius 1 is 1.61 bits per heavy atom. The smallest absolute Gasteiger partial charge is 0.294 e. The fraction of sp³-hybridized carbons (Fsp3) is 0.444. The molecule has 8 nitrogen and oxygen atoms in total. The van der Waals surface area contributed by atoms with Crippen LogP contribution >= 0.6 is 11.8 Å². The molecule has 0 spiro atoms. The average Bonchev–Trinajstić information content (AvgIpc) is 2.37. The quantitative estimate of drug-likeness (QED) is 0.408. The highest BCUT2D eigenvalue weighted by Crippen LogP contribution is 2.21. The monoisotopic (exact) mass is 268 g/mol. The van der Waals surface area contributed by atoms with Crippen molar-refractivity contribution in [2.75, 3.05) is 0 Å². The lowest BCUT2D eigenvalue weighted by Gasteiger charge is -2.13. The van der Waals surface area contributed by atoms with Gasteiger partial charge in [0.2, 0.25) is 11.1 Å². The number of nitrogens with zero attached hydrogens (tertiary/aromatic N) is 4. The second kappa shape index (κ2) is 5.27. The topological polar surface area (TPSA) is 115 Å². The van der Waals surface area contributed by atoms with Crippen LogP contribution in [0.1, 0.15) is 19.0 Å². The number of aryl methyl sites for hydroxylation is 1. The Bertz CT molecular complexity index is 554. The van der Waals surface area contributed by atoms with E-state index in [0.717, 1.165) is 0 Å². The molecule has 0 saturated carbocycles. The molecule has 2 rings (SSSR count). The number of fused-ring (bicyclic) bond motifs is 1. The molecule has 1 atom stereocenters. The number of hydrogen-bond acceptors (Lipinski definition) is 7. The van der Waals surface area contributed by atoms with Gasteiger partial charge in [0.25, 0.3) is 5.56 Å². The van der Waals surface area contributed by atoms with Gasteiger partial charge in [-0.3, -0.25) is 15.0 Å². The van der Waals surface area contributed by atoms with Crippen molar-refractivity contribution < 1.29 is 4.79 Å². The summed E-state index contributed by atoms with van der Waals surface area (Å²) in [4.78, 5) is 23.0. The first-order chi connectivity index (χ1) is 8.61. The first kappa shape index (κ1) is 12.7. The Balaban J connectivity index is 2.24. The number of hydrogen-bond donors (Lipinski definition) is 2. The van der Waals surface area contributed by atoms with Crippen molar-refractivity contribution in [1.29, 1.82) is 0 Å². The Kier molecular flexibility index (Phi) is 3.72. The molecule has 0 bridgehead atoms. The molecular weight excluding hydrogens is 256 g/mol. The van der Waals surface area contributed by atoms with Crippen LogP contribution in [0.5, 0.6) is 0 Å². The van der Waals surface area contributed by atoms with Gasteiger partial charge in [-0.05, 0) is 6.92 Å². The molecule has 0 radical (unpaired) electrons. The minimum absolute atomic E-state index is 0.0903. The standard InChI is InChI=1S/C9H12N6O2S/c1-5-4-11-15-8(17)6(2-3-7(16)12-10)13-14-9(15)18-5/h4-5H,2-3,10H2,1H3,(H,12,16). The molecular formula is C9H12N6O2S. The minimum atomic E-state index is -0.356. The van der Waals surface area contributed by atoms with Crippen molar-refractivity contribution in [2.24, 2.45) is 10.9 Å². The lowest BCUT2D eigenvalue weighted by molar-refractivity contribution is -0.121. The summed E-state index contributed by atoms with van der Waals surface area (Å²) in [7, 11) is 0. The predicted molar refractivity (Wildman–Crippen MR) is 66.2 cm³/mol. The van der Waals surface area contributed by atoms with E-state index in [9.17, 15) is 9.59 Å². The number of nitrogens with two attached hydrogens (primary N) is 1. The molecule has 0 aromatic carbocycles. The third kappa shape index (κ3) is 2.57. The molecule has 0 aliphatic carbocycles. The molecule has 1 unspecified atom stereocenters. The second-order valence-electron chi connectivity index (χ2n) is 3.70. The Hall–Kier alpha value is -1.74. The lowest BCUT2D eigenvalue weighted by Crippen LogP contribution is -2.32. The Morgan fingerprint density at radius 3 is 3.11 bits per heavy atom. The number of thioether (sulfide) groups is 1. The maximum absolute atomic E-state index is 12.0. The number of rotatable bonds is 3. The van der Waals surface area contributed by atoms with E-state index >= 15 is 0 Å². The predicted octanol–water partition coefficient (Wildman–Crippen LogP) is -1.11. The molecule has 0 saturated heterocycles. The molecule has 1 aliphatic rings. The van der Waals surface area contributed by atoms with Crippen LogP contribution in [-0.4, -0.2) is 32.2 Å². The van der Waals surface area contributed by atoms with E-state index in [1.54, 1.807) is 6.21 Å². The van der Waals surface area contributed by atoms with Crippen LogP contribution in [0.3, 0.4) is 0 Å². The van der Waals surface area contributed by atoms with Gasteiger partial charge in [-0.1, -0.05) is 11.8 Å². The van der Waals surface area contributed by atoms with Crippen LogP contribution in [0.2, 0.25) is 0 Å². The summed E-state index contributed by atoms with van der Waals surface area (Å²) < 4.78 is 1.20. The summed E-state index contributed by atoms with van der Waals surface area (Å²) >= 11 is 1.40. The van der Waals surface area contributed by atoms with Crippen LogP contribution < -0.4 is 16.8 Å². The van der Waals surface area contributed by atoms with Crippen molar-refractivity contribution in [3.63, 3.8) is 0 Å². The minimum Gasteiger partial charge on any atom is -0.294 e. The number of carbonyl (C=O) groups is 1. The number of nitrogens with one attached hydrogen (secondary N) is 1. The van der Waals surface area contributed by atoms with E-state index in [1.165, 1.54) is 16.4 Å². The van der Waals surface area contributed by atoms with Gasteiger partial charge in [0, 0.05) is 24.3 Å². The largest absolute Gasteiger partial charge is 0.296 e. The maximum Gasteiger partial charge on any atom is 0.296 e. The number of aromatic nitrogens is 3. The zero-order valence-electron chi connectivity index (χ0n) is 9.66.